The van der Waals surface area contributed by atoms with Crippen molar-refractivity contribution in [1.29, 1.82) is 0 Å². The maximum Gasteiger partial charge on any atom is 0.205 e. The standard InChI is InChI=1S/C18H37Cl2OSi/c1-4-5-6-7-8-9-10-11-12-13-14-15-16-17(18(19)20)21-22(2)3/h17-18H,4-16H2,1-3H3. The van der Waals surface area contributed by atoms with Gasteiger partial charge in [-0.05, 0) is 19.5 Å². The highest BCUT2D eigenvalue weighted by Crippen LogP contribution is 2.20. The smallest absolute Gasteiger partial charge is 0.205 e. The predicted molar refractivity (Wildman–Crippen MR) is 104 cm³/mol. The van der Waals surface area contributed by atoms with Crippen LogP contribution in [-0.2, 0) is 4.43 Å². The summed E-state index contributed by atoms with van der Waals surface area (Å²) in [6, 6.07) is 0. The molecule has 0 N–H and O–H groups in total. The summed E-state index contributed by atoms with van der Waals surface area (Å²) in [7, 11) is -0.712. The Kier molecular flexibility index (Phi) is 17.2. The molecule has 0 bridgehead atoms. The van der Waals surface area contributed by atoms with Crippen molar-refractivity contribution in [3.63, 3.8) is 0 Å². The first-order chi connectivity index (χ1) is 10.6. The number of alkyl halides is 2. The first-order valence-corrected chi connectivity index (χ1v) is 12.6. The van der Waals surface area contributed by atoms with Gasteiger partial charge in [0.15, 0.2) is 0 Å². The van der Waals surface area contributed by atoms with E-state index in [0.717, 1.165) is 6.42 Å². The number of unbranched alkanes of at least 4 members (excludes halogenated alkanes) is 11. The molecule has 0 saturated carbocycles. The maximum absolute atomic E-state index is 5.99. The number of hydrogen-bond acceptors (Lipinski definition) is 1. The summed E-state index contributed by atoms with van der Waals surface area (Å²) in [5.41, 5.74) is 0. The van der Waals surface area contributed by atoms with Gasteiger partial charge in [-0.2, -0.15) is 0 Å². The van der Waals surface area contributed by atoms with E-state index in [9.17, 15) is 0 Å². The van der Waals surface area contributed by atoms with E-state index in [2.05, 4.69) is 20.0 Å². The van der Waals surface area contributed by atoms with Crippen LogP contribution in [0.1, 0.15) is 90.4 Å². The van der Waals surface area contributed by atoms with Crippen LogP contribution in [0.15, 0.2) is 0 Å². The Hall–Kier alpha value is 0.757. The van der Waals surface area contributed by atoms with Gasteiger partial charge in [-0.25, -0.2) is 0 Å². The highest BCUT2D eigenvalue weighted by molar-refractivity contribution is 6.49. The largest absolute Gasteiger partial charge is 0.412 e. The Morgan fingerprint density at radius 3 is 1.50 bits per heavy atom. The lowest BCUT2D eigenvalue weighted by molar-refractivity contribution is 0.203. The molecule has 133 valence electrons. The molecule has 0 aromatic rings. The normalized spacial score (nSPS) is 13.2. The Morgan fingerprint density at radius 2 is 1.14 bits per heavy atom. The number of rotatable bonds is 16. The zero-order valence-corrected chi connectivity index (χ0v) is 17.5. The van der Waals surface area contributed by atoms with Crippen molar-refractivity contribution < 1.29 is 4.43 Å². The summed E-state index contributed by atoms with van der Waals surface area (Å²) in [6.45, 7) is 6.55. The molecule has 0 saturated heterocycles. The van der Waals surface area contributed by atoms with Crippen molar-refractivity contribution in [3.8, 4) is 0 Å². The molecule has 22 heavy (non-hydrogen) atoms. The second-order valence-corrected chi connectivity index (χ2v) is 9.79. The van der Waals surface area contributed by atoms with Crippen molar-refractivity contribution in [3.05, 3.63) is 0 Å². The van der Waals surface area contributed by atoms with Gasteiger partial charge in [0, 0.05) is 0 Å². The zero-order chi connectivity index (χ0) is 16.6. The van der Waals surface area contributed by atoms with Crippen LogP contribution in [-0.4, -0.2) is 20.0 Å². The summed E-state index contributed by atoms with van der Waals surface area (Å²) in [6.07, 6.45) is 17.5. The fraction of sp³-hybridized carbons (Fsp3) is 1.00. The molecule has 1 radical (unpaired) electrons. The Bertz CT molecular complexity index is 225. The molecule has 0 aromatic heterocycles. The second-order valence-electron chi connectivity index (χ2n) is 6.58. The summed E-state index contributed by atoms with van der Waals surface area (Å²) in [5.74, 6) is 0. The average molecular weight is 368 g/mol. The second kappa shape index (κ2) is 16.6. The molecule has 0 aliphatic rings. The van der Waals surface area contributed by atoms with E-state index in [1.165, 1.54) is 77.0 Å². The third kappa shape index (κ3) is 15.6. The molecule has 0 rings (SSSR count). The Morgan fingerprint density at radius 1 is 0.727 bits per heavy atom. The summed E-state index contributed by atoms with van der Waals surface area (Å²) >= 11 is 12.0. The van der Waals surface area contributed by atoms with E-state index in [0.29, 0.717) is 0 Å². The van der Waals surface area contributed by atoms with Crippen LogP contribution in [0.3, 0.4) is 0 Å². The molecule has 0 spiro atoms. The molecule has 1 atom stereocenters. The molecule has 0 aromatic carbocycles. The molecule has 1 nitrogen and oxygen atoms in total. The molecule has 0 heterocycles. The van der Waals surface area contributed by atoms with Crippen molar-refractivity contribution in [2.24, 2.45) is 0 Å². The van der Waals surface area contributed by atoms with Gasteiger partial charge in [0.05, 0.1) is 6.10 Å². The molecule has 0 aliphatic carbocycles. The molecule has 0 aliphatic heterocycles. The van der Waals surface area contributed by atoms with E-state index >= 15 is 0 Å². The number of hydrogen-bond donors (Lipinski definition) is 0. The van der Waals surface area contributed by atoms with Crippen molar-refractivity contribution in [2.45, 2.75) is 114 Å². The van der Waals surface area contributed by atoms with Gasteiger partial charge < -0.3 is 4.43 Å². The monoisotopic (exact) mass is 367 g/mol. The lowest BCUT2D eigenvalue weighted by Crippen LogP contribution is -2.26. The fourth-order valence-corrected chi connectivity index (χ4v) is 4.11. The molecular weight excluding hydrogens is 331 g/mol. The van der Waals surface area contributed by atoms with Crippen LogP contribution >= 0.6 is 23.2 Å². The molecule has 0 fully saturated rings. The van der Waals surface area contributed by atoms with Gasteiger partial charge in [0.2, 0.25) is 9.04 Å². The van der Waals surface area contributed by atoms with E-state index in [-0.39, 0.29) is 10.9 Å². The van der Waals surface area contributed by atoms with Crippen molar-refractivity contribution in [1.82, 2.24) is 0 Å². The van der Waals surface area contributed by atoms with Gasteiger partial charge in [-0.1, -0.05) is 84.0 Å². The summed E-state index contributed by atoms with van der Waals surface area (Å²) in [5, 5.41) is 0. The van der Waals surface area contributed by atoms with Crippen molar-refractivity contribution in [2.75, 3.05) is 0 Å². The lowest BCUT2D eigenvalue weighted by atomic mass is 10.0. The van der Waals surface area contributed by atoms with Gasteiger partial charge in [0.1, 0.15) is 4.84 Å². The predicted octanol–water partition coefficient (Wildman–Crippen LogP) is 7.52. The van der Waals surface area contributed by atoms with Crippen LogP contribution in [0.4, 0.5) is 0 Å². The maximum atomic E-state index is 5.99. The minimum Gasteiger partial charge on any atom is -0.412 e. The van der Waals surface area contributed by atoms with E-state index < -0.39 is 9.04 Å². The van der Waals surface area contributed by atoms with E-state index in [1.54, 1.807) is 0 Å². The Labute approximate surface area is 151 Å². The van der Waals surface area contributed by atoms with E-state index in [4.69, 9.17) is 27.6 Å². The van der Waals surface area contributed by atoms with Crippen LogP contribution in [0.5, 0.6) is 0 Å². The summed E-state index contributed by atoms with van der Waals surface area (Å²) < 4.78 is 5.85. The number of halogens is 2. The molecular formula is C18H37Cl2OSi. The molecule has 1 unspecified atom stereocenters. The highest BCUT2D eigenvalue weighted by atomic mass is 35.5. The highest BCUT2D eigenvalue weighted by Gasteiger charge is 2.18. The van der Waals surface area contributed by atoms with Gasteiger partial charge in [-0.15, -0.1) is 23.2 Å². The first-order valence-electron chi connectivity index (χ1n) is 9.32. The van der Waals surface area contributed by atoms with Crippen LogP contribution in [0.25, 0.3) is 0 Å². The minimum absolute atomic E-state index is 0.0374. The zero-order valence-electron chi connectivity index (χ0n) is 15.0. The molecule has 4 heteroatoms. The van der Waals surface area contributed by atoms with E-state index in [1.807, 2.05) is 0 Å². The van der Waals surface area contributed by atoms with Gasteiger partial charge in [-0.3, -0.25) is 0 Å². The van der Waals surface area contributed by atoms with Crippen LogP contribution in [0, 0.1) is 0 Å². The Balaban J connectivity index is 3.31. The molecule has 0 amide bonds. The third-order valence-corrected chi connectivity index (χ3v) is 5.35. The quantitative estimate of drug-likeness (QED) is 0.155. The van der Waals surface area contributed by atoms with Gasteiger partial charge in [0.25, 0.3) is 0 Å². The SMILES string of the molecule is CCCCCCCCCCCCCCC(O[Si](C)C)C(Cl)Cl. The average Bonchev–Trinajstić information content (AvgIpc) is 2.46. The van der Waals surface area contributed by atoms with Crippen LogP contribution < -0.4 is 0 Å². The first kappa shape index (κ1) is 22.8. The minimum atomic E-state index is -0.712. The lowest BCUT2D eigenvalue weighted by Gasteiger charge is -2.20. The topological polar surface area (TPSA) is 9.23 Å². The van der Waals surface area contributed by atoms with Crippen molar-refractivity contribution >= 4 is 32.2 Å². The third-order valence-electron chi connectivity index (χ3n) is 4.01. The van der Waals surface area contributed by atoms with Gasteiger partial charge >= 0.3 is 0 Å². The fourth-order valence-electron chi connectivity index (χ4n) is 2.73. The van der Waals surface area contributed by atoms with Crippen LogP contribution in [0.2, 0.25) is 13.1 Å². The summed E-state index contributed by atoms with van der Waals surface area (Å²) in [4.78, 5) is -0.382.